The molecule has 0 saturated carbocycles. The lowest BCUT2D eigenvalue weighted by atomic mass is 9.80. The number of piperazine rings is 1. The minimum absolute atomic E-state index is 0.275. The van der Waals surface area contributed by atoms with Crippen LogP contribution >= 0.6 is 0 Å². The highest BCUT2D eigenvalue weighted by molar-refractivity contribution is 5.76. The molecule has 2 atom stereocenters. The molecule has 3 nitrogen and oxygen atoms in total. The summed E-state index contributed by atoms with van der Waals surface area (Å²) in [5.41, 5.74) is 4.21. The largest absolute Gasteiger partial charge is 0.340 e. The Bertz CT molecular complexity index is 728. The van der Waals surface area contributed by atoms with E-state index in [2.05, 4.69) is 59.5 Å². The minimum atomic E-state index is 0.275. The van der Waals surface area contributed by atoms with Gasteiger partial charge in [0, 0.05) is 38.5 Å². The Morgan fingerprint density at radius 3 is 2.42 bits per heavy atom. The van der Waals surface area contributed by atoms with Crippen LogP contribution in [0.5, 0.6) is 0 Å². The predicted molar refractivity (Wildman–Crippen MR) is 95.9 cm³/mol. The predicted octanol–water partition coefficient (Wildman–Crippen LogP) is 3.43. The van der Waals surface area contributed by atoms with Gasteiger partial charge in [-0.05, 0) is 16.7 Å². The quantitative estimate of drug-likeness (QED) is 0.846. The average Bonchev–Trinajstić information content (AvgIpc) is 2.67. The first-order chi connectivity index (χ1) is 11.8. The standard InChI is InChI=1S/C21H24N2O/c1-2-21(24)23-13-12-22-14-19(16-8-4-3-5-9-16)17-10-6-7-11-18(17)20(22)15-23/h3-11,19-20H,2,12-15H2,1H3/t19-,20-/m1/s1. The van der Waals surface area contributed by atoms with Gasteiger partial charge < -0.3 is 4.90 Å². The number of nitrogens with zero attached hydrogens (tertiary/aromatic N) is 2. The molecule has 0 radical (unpaired) electrons. The van der Waals surface area contributed by atoms with Gasteiger partial charge in [-0.2, -0.15) is 0 Å². The number of carbonyl (C=O) groups is 1. The number of rotatable bonds is 2. The summed E-state index contributed by atoms with van der Waals surface area (Å²) in [6.45, 7) is 5.64. The van der Waals surface area contributed by atoms with Crippen molar-refractivity contribution in [2.45, 2.75) is 25.3 Å². The van der Waals surface area contributed by atoms with Crippen LogP contribution in [0.4, 0.5) is 0 Å². The summed E-state index contributed by atoms with van der Waals surface area (Å²) in [4.78, 5) is 16.8. The van der Waals surface area contributed by atoms with Gasteiger partial charge in [0.1, 0.15) is 0 Å². The normalized spacial score (nSPS) is 23.5. The van der Waals surface area contributed by atoms with Gasteiger partial charge in [-0.25, -0.2) is 0 Å². The van der Waals surface area contributed by atoms with Crippen LogP contribution in [0.25, 0.3) is 0 Å². The summed E-state index contributed by atoms with van der Waals surface area (Å²) in [6, 6.07) is 19.9. The van der Waals surface area contributed by atoms with E-state index in [9.17, 15) is 4.79 Å². The van der Waals surface area contributed by atoms with E-state index in [1.807, 2.05) is 11.8 Å². The Kier molecular flexibility index (Phi) is 4.11. The molecule has 2 aromatic rings. The van der Waals surface area contributed by atoms with E-state index >= 15 is 0 Å². The van der Waals surface area contributed by atoms with E-state index in [4.69, 9.17) is 0 Å². The molecule has 0 aromatic heterocycles. The van der Waals surface area contributed by atoms with Gasteiger partial charge in [0.2, 0.25) is 5.91 Å². The smallest absolute Gasteiger partial charge is 0.222 e. The molecule has 0 bridgehead atoms. The minimum Gasteiger partial charge on any atom is -0.340 e. The fourth-order valence-corrected chi connectivity index (χ4v) is 4.22. The molecule has 0 spiro atoms. The van der Waals surface area contributed by atoms with Crippen molar-refractivity contribution < 1.29 is 4.79 Å². The molecule has 3 heteroatoms. The molecule has 0 aliphatic carbocycles. The van der Waals surface area contributed by atoms with E-state index < -0.39 is 0 Å². The molecule has 2 aromatic carbocycles. The Morgan fingerprint density at radius 1 is 0.958 bits per heavy atom. The van der Waals surface area contributed by atoms with E-state index in [0.717, 1.165) is 26.2 Å². The van der Waals surface area contributed by atoms with Crippen LogP contribution in [-0.4, -0.2) is 41.9 Å². The fourth-order valence-electron chi connectivity index (χ4n) is 4.22. The lowest BCUT2D eigenvalue weighted by Gasteiger charge is -2.47. The highest BCUT2D eigenvalue weighted by Crippen LogP contribution is 2.40. The van der Waals surface area contributed by atoms with Crippen molar-refractivity contribution in [1.82, 2.24) is 9.80 Å². The van der Waals surface area contributed by atoms with Gasteiger partial charge in [-0.15, -0.1) is 0 Å². The van der Waals surface area contributed by atoms with Crippen LogP contribution < -0.4 is 0 Å². The summed E-state index contributed by atoms with van der Waals surface area (Å²) in [5, 5.41) is 0. The first-order valence-corrected chi connectivity index (χ1v) is 8.93. The first-order valence-electron chi connectivity index (χ1n) is 8.93. The van der Waals surface area contributed by atoms with Crippen molar-refractivity contribution in [3.05, 3.63) is 71.3 Å². The zero-order valence-corrected chi connectivity index (χ0v) is 14.2. The monoisotopic (exact) mass is 320 g/mol. The van der Waals surface area contributed by atoms with Crippen LogP contribution in [-0.2, 0) is 4.79 Å². The first kappa shape index (κ1) is 15.4. The molecule has 24 heavy (non-hydrogen) atoms. The Morgan fingerprint density at radius 2 is 1.67 bits per heavy atom. The molecular weight excluding hydrogens is 296 g/mol. The Labute approximate surface area is 143 Å². The number of amides is 1. The molecule has 1 fully saturated rings. The van der Waals surface area contributed by atoms with E-state index in [0.29, 0.717) is 18.4 Å². The summed E-state index contributed by atoms with van der Waals surface area (Å²) in [7, 11) is 0. The highest BCUT2D eigenvalue weighted by Gasteiger charge is 2.37. The summed E-state index contributed by atoms with van der Waals surface area (Å²) in [5.74, 6) is 0.699. The molecule has 2 aliphatic heterocycles. The van der Waals surface area contributed by atoms with Crippen LogP contribution in [0.3, 0.4) is 0 Å². The van der Waals surface area contributed by atoms with E-state index in [1.165, 1.54) is 16.7 Å². The lowest BCUT2D eigenvalue weighted by molar-refractivity contribution is -0.134. The molecule has 4 rings (SSSR count). The van der Waals surface area contributed by atoms with Crippen LogP contribution in [0, 0.1) is 0 Å². The van der Waals surface area contributed by atoms with Crippen molar-refractivity contribution in [2.24, 2.45) is 0 Å². The van der Waals surface area contributed by atoms with Crippen LogP contribution in [0.15, 0.2) is 54.6 Å². The van der Waals surface area contributed by atoms with Gasteiger partial charge in [0.05, 0.1) is 6.04 Å². The zero-order chi connectivity index (χ0) is 16.5. The third-order valence-corrected chi connectivity index (χ3v) is 5.50. The summed E-state index contributed by atoms with van der Waals surface area (Å²) in [6.07, 6.45) is 0.598. The SMILES string of the molecule is CCC(=O)N1CCN2C[C@H](c3ccccc3)c3ccccc3[C@H]2C1. The van der Waals surface area contributed by atoms with Gasteiger partial charge in [0.15, 0.2) is 0 Å². The Hall–Kier alpha value is -2.13. The van der Waals surface area contributed by atoms with Crippen molar-refractivity contribution in [1.29, 1.82) is 0 Å². The van der Waals surface area contributed by atoms with E-state index in [-0.39, 0.29) is 5.91 Å². The zero-order valence-electron chi connectivity index (χ0n) is 14.2. The third kappa shape index (κ3) is 2.63. The average molecular weight is 320 g/mol. The van der Waals surface area contributed by atoms with Crippen molar-refractivity contribution in [2.75, 3.05) is 26.2 Å². The van der Waals surface area contributed by atoms with Gasteiger partial charge in [0.25, 0.3) is 0 Å². The number of fused-ring (bicyclic) bond motifs is 3. The second-order valence-electron chi connectivity index (χ2n) is 6.80. The molecule has 2 aliphatic rings. The second kappa shape index (κ2) is 6.40. The fraction of sp³-hybridized carbons (Fsp3) is 0.381. The van der Waals surface area contributed by atoms with Gasteiger partial charge in [-0.1, -0.05) is 61.5 Å². The molecular formula is C21H24N2O. The molecule has 0 N–H and O–H groups in total. The van der Waals surface area contributed by atoms with Crippen molar-refractivity contribution in [3.63, 3.8) is 0 Å². The van der Waals surface area contributed by atoms with Gasteiger partial charge >= 0.3 is 0 Å². The lowest BCUT2D eigenvalue weighted by Crippen LogP contribution is -2.53. The maximum absolute atomic E-state index is 12.1. The number of hydrogen-bond donors (Lipinski definition) is 0. The number of benzene rings is 2. The molecule has 1 amide bonds. The van der Waals surface area contributed by atoms with Gasteiger partial charge in [-0.3, -0.25) is 9.69 Å². The van der Waals surface area contributed by atoms with Crippen LogP contribution in [0.1, 0.15) is 42.0 Å². The summed E-state index contributed by atoms with van der Waals surface area (Å²) >= 11 is 0. The number of carbonyl (C=O) groups excluding carboxylic acids is 1. The van der Waals surface area contributed by atoms with Crippen molar-refractivity contribution >= 4 is 5.91 Å². The number of hydrogen-bond acceptors (Lipinski definition) is 2. The maximum atomic E-state index is 12.1. The van der Waals surface area contributed by atoms with Crippen LogP contribution in [0.2, 0.25) is 0 Å². The maximum Gasteiger partial charge on any atom is 0.222 e. The summed E-state index contributed by atoms with van der Waals surface area (Å²) < 4.78 is 0. The third-order valence-electron chi connectivity index (χ3n) is 5.50. The van der Waals surface area contributed by atoms with E-state index in [1.54, 1.807) is 0 Å². The highest BCUT2D eigenvalue weighted by atomic mass is 16.2. The molecule has 2 heterocycles. The molecule has 124 valence electrons. The molecule has 1 saturated heterocycles. The topological polar surface area (TPSA) is 23.6 Å². The second-order valence-corrected chi connectivity index (χ2v) is 6.80. The Balaban J connectivity index is 1.70. The molecule has 0 unspecified atom stereocenters. The van der Waals surface area contributed by atoms with Crippen molar-refractivity contribution in [3.8, 4) is 0 Å².